The van der Waals surface area contributed by atoms with Gasteiger partial charge < -0.3 is 10.1 Å². The standard InChI is InChI=1S/C21H21F2N3O4S/c1-4-15-9-14(10-18(23)21(15)26-31(3,28)29)12-24-20(27)8-6-16-5-7-17(11-22)25-19(16)13-30-2/h1,5-10,26H,11-13H2,2-3H3,(H,24,27)/b8-6+. The number of methoxy groups -OCH3 is 1. The lowest BCUT2D eigenvalue weighted by Crippen LogP contribution is -2.21. The maximum absolute atomic E-state index is 14.3. The van der Waals surface area contributed by atoms with Crippen molar-refractivity contribution in [1.82, 2.24) is 10.3 Å². The number of carbonyl (C=O) groups is 1. The number of hydrogen-bond acceptors (Lipinski definition) is 5. The summed E-state index contributed by atoms with van der Waals surface area (Å²) in [4.78, 5) is 16.3. The molecule has 1 aromatic heterocycles. The second-order valence-corrected chi connectivity index (χ2v) is 8.22. The molecule has 0 bridgehead atoms. The molecule has 0 saturated heterocycles. The number of hydrogen-bond donors (Lipinski definition) is 2. The van der Waals surface area contributed by atoms with Crippen LogP contribution in [0, 0.1) is 18.2 Å². The fourth-order valence-electron chi connectivity index (χ4n) is 2.62. The van der Waals surface area contributed by atoms with E-state index in [0.717, 1.165) is 12.3 Å². The van der Waals surface area contributed by atoms with E-state index in [0.29, 0.717) is 16.8 Å². The van der Waals surface area contributed by atoms with Gasteiger partial charge in [0.25, 0.3) is 0 Å². The molecule has 2 N–H and O–H groups in total. The highest BCUT2D eigenvalue weighted by Crippen LogP contribution is 2.22. The van der Waals surface area contributed by atoms with Crippen molar-refractivity contribution in [3.8, 4) is 12.3 Å². The van der Waals surface area contributed by atoms with Gasteiger partial charge in [0, 0.05) is 19.7 Å². The number of anilines is 1. The summed E-state index contributed by atoms with van der Waals surface area (Å²) < 4.78 is 56.9. The van der Waals surface area contributed by atoms with Crippen LogP contribution >= 0.6 is 0 Å². The summed E-state index contributed by atoms with van der Waals surface area (Å²) in [5.41, 5.74) is 1.36. The van der Waals surface area contributed by atoms with E-state index >= 15 is 0 Å². The average molecular weight is 449 g/mol. The number of alkyl halides is 1. The molecule has 0 fully saturated rings. The molecule has 0 saturated carbocycles. The van der Waals surface area contributed by atoms with Gasteiger partial charge in [-0.25, -0.2) is 17.2 Å². The van der Waals surface area contributed by atoms with Crippen molar-refractivity contribution in [3.05, 3.63) is 64.2 Å². The number of amides is 1. The Morgan fingerprint density at radius 1 is 1.35 bits per heavy atom. The highest BCUT2D eigenvalue weighted by molar-refractivity contribution is 7.92. The molecule has 10 heteroatoms. The predicted molar refractivity (Wildman–Crippen MR) is 113 cm³/mol. The monoisotopic (exact) mass is 449 g/mol. The molecule has 0 aliphatic heterocycles. The molecule has 31 heavy (non-hydrogen) atoms. The summed E-state index contributed by atoms with van der Waals surface area (Å²) in [6.45, 7) is -0.606. The van der Waals surface area contributed by atoms with Crippen molar-refractivity contribution in [2.45, 2.75) is 19.8 Å². The summed E-state index contributed by atoms with van der Waals surface area (Å²) in [5, 5.41) is 2.58. The van der Waals surface area contributed by atoms with E-state index in [1.807, 2.05) is 4.72 Å². The number of carbonyl (C=O) groups excluding carboxylic acids is 1. The first-order valence-electron chi connectivity index (χ1n) is 8.93. The molecule has 0 aliphatic rings. The molecule has 0 spiro atoms. The van der Waals surface area contributed by atoms with Gasteiger partial charge in [0.2, 0.25) is 15.9 Å². The SMILES string of the molecule is C#Cc1cc(CNC(=O)/C=C/c2ccc(CF)nc2COC)cc(F)c1NS(C)(=O)=O. The molecular formula is C21H21F2N3O4S. The van der Waals surface area contributed by atoms with Gasteiger partial charge in [-0.2, -0.15) is 0 Å². The molecule has 1 aromatic carbocycles. The van der Waals surface area contributed by atoms with Gasteiger partial charge in [-0.3, -0.25) is 14.5 Å². The number of rotatable bonds is 9. The van der Waals surface area contributed by atoms with Crippen molar-refractivity contribution in [2.24, 2.45) is 0 Å². The summed E-state index contributed by atoms with van der Waals surface area (Å²) in [6.07, 6.45) is 8.98. The lowest BCUT2D eigenvalue weighted by molar-refractivity contribution is -0.116. The van der Waals surface area contributed by atoms with Gasteiger partial charge in [-0.05, 0) is 35.4 Å². The number of aromatic nitrogens is 1. The molecule has 0 radical (unpaired) electrons. The Kier molecular flexibility index (Phi) is 8.24. The fraction of sp³-hybridized carbons (Fsp3) is 0.238. The summed E-state index contributed by atoms with van der Waals surface area (Å²) in [5.74, 6) is 0.891. The Balaban J connectivity index is 2.11. The fourth-order valence-corrected chi connectivity index (χ4v) is 3.20. The van der Waals surface area contributed by atoms with E-state index in [1.165, 1.54) is 31.4 Å². The first-order chi connectivity index (χ1) is 14.7. The van der Waals surface area contributed by atoms with E-state index < -0.39 is 28.4 Å². The number of halogens is 2. The van der Waals surface area contributed by atoms with Crippen LogP contribution in [0.1, 0.15) is 28.1 Å². The third kappa shape index (κ3) is 7.16. The highest BCUT2D eigenvalue weighted by atomic mass is 32.2. The van der Waals surface area contributed by atoms with Gasteiger partial charge in [0.05, 0.1) is 35.5 Å². The number of benzene rings is 1. The van der Waals surface area contributed by atoms with Crippen LogP contribution in [0.25, 0.3) is 6.08 Å². The maximum atomic E-state index is 14.3. The molecular weight excluding hydrogens is 428 g/mol. The summed E-state index contributed by atoms with van der Waals surface area (Å²) >= 11 is 0. The molecule has 0 atom stereocenters. The minimum absolute atomic E-state index is 0.00782. The zero-order valence-electron chi connectivity index (χ0n) is 16.9. The zero-order valence-corrected chi connectivity index (χ0v) is 17.7. The molecule has 0 aliphatic carbocycles. The van der Waals surface area contributed by atoms with Crippen LogP contribution in [0.4, 0.5) is 14.5 Å². The molecule has 1 heterocycles. The van der Waals surface area contributed by atoms with E-state index in [9.17, 15) is 22.0 Å². The Bertz CT molecular complexity index is 1140. The first kappa shape index (κ1) is 24.0. The van der Waals surface area contributed by atoms with Crippen LogP contribution < -0.4 is 10.0 Å². The van der Waals surface area contributed by atoms with E-state index in [1.54, 1.807) is 6.07 Å². The van der Waals surface area contributed by atoms with E-state index in [4.69, 9.17) is 11.2 Å². The lowest BCUT2D eigenvalue weighted by Gasteiger charge is -2.11. The molecule has 2 aromatic rings. The number of sulfonamides is 1. The van der Waals surface area contributed by atoms with Crippen molar-refractivity contribution in [2.75, 3.05) is 18.1 Å². The molecule has 1 amide bonds. The Labute approximate surface area is 179 Å². The van der Waals surface area contributed by atoms with Crippen molar-refractivity contribution < 1.29 is 26.7 Å². The van der Waals surface area contributed by atoms with Crippen LogP contribution in [-0.2, 0) is 39.4 Å². The average Bonchev–Trinajstić information content (AvgIpc) is 2.72. The minimum Gasteiger partial charge on any atom is -0.378 e. The van der Waals surface area contributed by atoms with Gasteiger partial charge >= 0.3 is 0 Å². The third-order valence-electron chi connectivity index (χ3n) is 3.96. The largest absolute Gasteiger partial charge is 0.378 e. The molecule has 2 rings (SSSR count). The number of nitrogens with one attached hydrogen (secondary N) is 2. The zero-order chi connectivity index (χ0) is 23.0. The first-order valence-corrected chi connectivity index (χ1v) is 10.8. The number of pyridine rings is 1. The topological polar surface area (TPSA) is 97.4 Å². The second kappa shape index (κ2) is 10.7. The molecule has 0 unspecified atom stereocenters. The normalized spacial score (nSPS) is 11.3. The number of ether oxygens (including phenoxy) is 1. The highest BCUT2D eigenvalue weighted by Gasteiger charge is 2.14. The smallest absolute Gasteiger partial charge is 0.244 e. The Morgan fingerprint density at radius 3 is 2.71 bits per heavy atom. The summed E-state index contributed by atoms with van der Waals surface area (Å²) in [7, 11) is -2.24. The molecule has 164 valence electrons. The minimum atomic E-state index is -3.72. The van der Waals surface area contributed by atoms with E-state index in [-0.39, 0.29) is 30.1 Å². The van der Waals surface area contributed by atoms with Crippen molar-refractivity contribution in [3.63, 3.8) is 0 Å². The van der Waals surface area contributed by atoms with Crippen LogP contribution in [0.15, 0.2) is 30.3 Å². The van der Waals surface area contributed by atoms with Crippen molar-refractivity contribution in [1.29, 1.82) is 0 Å². The van der Waals surface area contributed by atoms with Crippen LogP contribution in [0.5, 0.6) is 0 Å². The van der Waals surface area contributed by atoms with E-state index in [2.05, 4.69) is 16.2 Å². The quantitative estimate of drug-likeness (QED) is 0.453. The van der Waals surface area contributed by atoms with Crippen LogP contribution in [0.3, 0.4) is 0 Å². The second-order valence-electron chi connectivity index (χ2n) is 6.48. The van der Waals surface area contributed by atoms with Gasteiger partial charge in [-0.15, -0.1) is 6.42 Å². The van der Waals surface area contributed by atoms with Gasteiger partial charge in [0.15, 0.2) is 0 Å². The van der Waals surface area contributed by atoms with Gasteiger partial charge in [-0.1, -0.05) is 12.0 Å². The summed E-state index contributed by atoms with van der Waals surface area (Å²) in [6, 6.07) is 5.61. The number of nitrogens with zero attached hydrogens (tertiary/aromatic N) is 1. The van der Waals surface area contributed by atoms with Gasteiger partial charge in [0.1, 0.15) is 12.5 Å². The Morgan fingerprint density at radius 2 is 2.10 bits per heavy atom. The van der Waals surface area contributed by atoms with Crippen LogP contribution in [-0.4, -0.2) is 32.7 Å². The van der Waals surface area contributed by atoms with Crippen molar-refractivity contribution >= 4 is 27.7 Å². The lowest BCUT2D eigenvalue weighted by atomic mass is 10.1. The predicted octanol–water partition coefficient (Wildman–Crippen LogP) is 2.52. The van der Waals surface area contributed by atoms with Crippen LogP contribution in [0.2, 0.25) is 0 Å². The Hall–Kier alpha value is -3.29. The third-order valence-corrected chi connectivity index (χ3v) is 4.53. The molecule has 7 nitrogen and oxygen atoms in total. The maximum Gasteiger partial charge on any atom is 0.244 e. The number of terminal acetylenes is 1.